The molecule has 1 atom stereocenters. The third-order valence-corrected chi connectivity index (χ3v) is 3.51. The van der Waals surface area contributed by atoms with Gasteiger partial charge in [-0.2, -0.15) is 0 Å². The molecule has 0 bridgehead atoms. The van der Waals surface area contributed by atoms with Gasteiger partial charge in [-0.25, -0.2) is 0 Å². The quantitative estimate of drug-likeness (QED) is 0.542. The van der Waals surface area contributed by atoms with Crippen LogP contribution in [0.25, 0.3) is 0 Å². The molecule has 2 saturated heterocycles. The SMILES string of the molecule is CC(C)N1CC12CCN(C)CC2. The van der Waals surface area contributed by atoms with Crippen molar-refractivity contribution in [3.8, 4) is 0 Å². The van der Waals surface area contributed by atoms with Gasteiger partial charge in [0.15, 0.2) is 0 Å². The molecular weight excluding hydrogens is 148 g/mol. The van der Waals surface area contributed by atoms with E-state index in [1.165, 1.54) is 32.5 Å². The monoisotopic (exact) mass is 168 g/mol. The maximum atomic E-state index is 2.65. The molecule has 1 spiro atoms. The molecule has 0 aromatic heterocycles. The molecule has 12 heavy (non-hydrogen) atoms. The van der Waals surface area contributed by atoms with Crippen molar-refractivity contribution in [1.29, 1.82) is 0 Å². The minimum atomic E-state index is 0.640. The van der Waals surface area contributed by atoms with Gasteiger partial charge < -0.3 is 4.90 Å². The summed E-state index contributed by atoms with van der Waals surface area (Å²) in [6, 6.07) is 0.758. The van der Waals surface area contributed by atoms with Crippen molar-refractivity contribution < 1.29 is 0 Å². The van der Waals surface area contributed by atoms with Crippen molar-refractivity contribution in [3.05, 3.63) is 0 Å². The van der Waals surface area contributed by atoms with E-state index in [-0.39, 0.29) is 0 Å². The van der Waals surface area contributed by atoms with E-state index in [2.05, 4.69) is 30.7 Å². The van der Waals surface area contributed by atoms with Crippen LogP contribution in [0.15, 0.2) is 0 Å². The summed E-state index contributed by atoms with van der Waals surface area (Å²) in [5.41, 5.74) is 0.640. The van der Waals surface area contributed by atoms with Gasteiger partial charge in [0, 0.05) is 18.1 Å². The molecule has 2 heteroatoms. The molecule has 70 valence electrons. The summed E-state index contributed by atoms with van der Waals surface area (Å²) >= 11 is 0. The van der Waals surface area contributed by atoms with Gasteiger partial charge in [-0.05, 0) is 46.8 Å². The Bertz CT molecular complexity index is 169. The third kappa shape index (κ3) is 1.27. The van der Waals surface area contributed by atoms with Crippen LogP contribution in [-0.2, 0) is 0 Å². The highest BCUT2D eigenvalue weighted by atomic mass is 15.4. The number of likely N-dealkylation sites (tertiary alicyclic amines) is 1. The second-order valence-corrected chi connectivity index (χ2v) is 4.75. The van der Waals surface area contributed by atoms with Gasteiger partial charge in [-0.15, -0.1) is 0 Å². The van der Waals surface area contributed by atoms with E-state index < -0.39 is 0 Å². The van der Waals surface area contributed by atoms with Crippen LogP contribution < -0.4 is 0 Å². The molecule has 0 aromatic carbocycles. The fourth-order valence-electron chi connectivity index (χ4n) is 2.49. The van der Waals surface area contributed by atoms with E-state index in [4.69, 9.17) is 0 Å². The second-order valence-electron chi connectivity index (χ2n) is 4.75. The van der Waals surface area contributed by atoms with Gasteiger partial charge in [0.2, 0.25) is 0 Å². The first-order valence-electron chi connectivity index (χ1n) is 5.09. The predicted octanol–water partition coefficient (Wildman–Crippen LogP) is 1.17. The average molecular weight is 168 g/mol. The van der Waals surface area contributed by atoms with E-state index in [0.717, 1.165) is 6.04 Å². The summed E-state index contributed by atoms with van der Waals surface area (Å²) in [6.45, 7) is 8.57. The Hall–Kier alpha value is -0.0800. The lowest BCUT2D eigenvalue weighted by Crippen LogP contribution is -2.38. The van der Waals surface area contributed by atoms with Crippen molar-refractivity contribution in [1.82, 2.24) is 9.80 Å². The van der Waals surface area contributed by atoms with Crippen LogP contribution in [0.2, 0.25) is 0 Å². The Morgan fingerprint density at radius 1 is 1.17 bits per heavy atom. The van der Waals surface area contributed by atoms with Gasteiger partial charge >= 0.3 is 0 Å². The number of hydrogen-bond acceptors (Lipinski definition) is 2. The van der Waals surface area contributed by atoms with Crippen molar-refractivity contribution >= 4 is 0 Å². The lowest BCUT2D eigenvalue weighted by atomic mass is 9.97. The van der Waals surface area contributed by atoms with E-state index in [1.807, 2.05) is 0 Å². The zero-order valence-corrected chi connectivity index (χ0v) is 8.51. The number of rotatable bonds is 1. The summed E-state index contributed by atoms with van der Waals surface area (Å²) < 4.78 is 0. The summed E-state index contributed by atoms with van der Waals surface area (Å²) in [6.07, 6.45) is 2.78. The molecule has 0 radical (unpaired) electrons. The Balaban J connectivity index is 1.91. The molecule has 0 aliphatic carbocycles. The van der Waals surface area contributed by atoms with E-state index in [9.17, 15) is 0 Å². The maximum absolute atomic E-state index is 2.65. The molecule has 2 aliphatic rings. The van der Waals surface area contributed by atoms with Crippen LogP contribution in [0.4, 0.5) is 0 Å². The third-order valence-electron chi connectivity index (χ3n) is 3.51. The minimum Gasteiger partial charge on any atom is -0.306 e. The second kappa shape index (κ2) is 2.71. The number of nitrogens with zero attached hydrogens (tertiary/aromatic N) is 2. The number of hydrogen-bond donors (Lipinski definition) is 0. The van der Waals surface area contributed by atoms with Gasteiger partial charge in [0.1, 0.15) is 0 Å². The van der Waals surface area contributed by atoms with Crippen molar-refractivity contribution in [2.45, 2.75) is 38.3 Å². The van der Waals surface area contributed by atoms with E-state index in [1.54, 1.807) is 0 Å². The van der Waals surface area contributed by atoms with Crippen LogP contribution in [-0.4, -0.2) is 48.1 Å². The Kier molecular flexibility index (Phi) is 1.92. The summed E-state index contributed by atoms with van der Waals surface area (Å²) in [7, 11) is 2.23. The Labute approximate surface area is 75.5 Å². The van der Waals surface area contributed by atoms with Crippen LogP contribution >= 0.6 is 0 Å². The molecule has 2 heterocycles. The van der Waals surface area contributed by atoms with Crippen LogP contribution in [0.1, 0.15) is 26.7 Å². The van der Waals surface area contributed by atoms with Crippen molar-refractivity contribution in [3.63, 3.8) is 0 Å². The molecule has 0 saturated carbocycles. The molecule has 0 aromatic rings. The molecule has 2 rings (SSSR count). The van der Waals surface area contributed by atoms with Gasteiger partial charge in [-0.1, -0.05) is 0 Å². The summed E-state index contributed by atoms with van der Waals surface area (Å²) in [5.74, 6) is 0. The highest BCUT2D eigenvalue weighted by molar-refractivity contribution is 5.10. The lowest BCUT2D eigenvalue weighted by Gasteiger charge is -2.30. The molecule has 0 N–H and O–H groups in total. The topological polar surface area (TPSA) is 6.25 Å². The predicted molar refractivity (Wildman–Crippen MR) is 51.3 cm³/mol. The fraction of sp³-hybridized carbons (Fsp3) is 1.00. The normalized spacial score (nSPS) is 34.5. The molecule has 2 nitrogen and oxygen atoms in total. The molecule has 0 amide bonds. The zero-order valence-electron chi connectivity index (χ0n) is 8.51. The Morgan fingerprint density at radius 2 is 1.75 bits per heavy atom. The van der Waals surface area contributed by atoms with Gasteiger partial charge in [0.05, 0.1) is 0 Å². The van der Waals surface area contributed by atoms with Crippen LogP contribution in [0.3, 0.4) is 0 Å². The first-order chi connectivity index (χ1) is 5.64. The lowest BCUT2D eigenvalue weighted by molar-refractivity contribution is 0.196. The number of piperidine rings is 1. The first-order valence-corrected chi connectivity index (χ1v) is 5.09. The van der Waals surface area contributed by atoms with Crippen molar-refractivity contribution in [2.24, 2.45) is 0 Å². The molecule has 2 fully saturated rings. The highest BCUT2D eigenvalue weighted by Crippen LogP contribution is 2.42. The molecule has 1 unspecified atom stereocenters. The van der Waals surface area contributed by atoms with Crippen molar-refractivity contribution in [2.75, 3.05) is 26.7 Å². The fourth-order valence-corrected chi connectivity index (χ4v) is 2.49. The average Bonchev–Trinajstić information content (AvgIpc) is 2.72. The van der Waals surface area contributed by atoms with Crippen LogP contribution in [0, 0.1) is 0 Å². The van der Waals surface area contributed by atoms with Gasteiger partial charge in [0.25, 0.3) is 0 Å². The minimum absolute atomic E-state index is 0.640. The smallest absolute Gasteiger partial charge is 0.0364 e. The molecule has 2 aliphatic heterocycles. The summed E-state index contributed by atoms with van der Waals surface area (Å²) in [5, 5.41) is 0. The van der Waals surface area contributed by atoms with E-state index >= 15 is 0 Å². The van der Waals surface area contributed by atoms with Gasteiger partial charge in [-0.3, -0.25) is 4.90 Å². The molecular formula is C10H20N2. The van der Waals surface area contributed by atoms with Crippen LogP contribution in [0.5, 0.6) is 0 Å². The first kappa shape index (κ1) is 8.52. The highest BCUT2D eigenvalue weighted by Gasteiger charge is 2.53. The largest absolute Gasteiger partial charge is 0.306 e. The Morgan fingerprint density at radius 3 is 2.17 bits per heavy atom. The van der Waals surface area contributed by atoms with E-state index in [0.29, 0.717) is 5.54 Å². The summed E-state index contributed by atoms with van der Waals surface area (Å²) in [4.78, 5) is 5.10. The maximum Gasteiger partial charge on any atom is 0.0364 e. The zero-order chi connectivity index (χ0) is 8.77. The standard InChI is InChI=1S/C10H20N2/c1-9(2)12-8-10(12)4-6-11(3)7-5-10/h9H,4-8H2,1-3H3.